The highest BCUT2D eigenvalue weighted by Gasteiger charge is 2.26. The van der Waals surface area contributed by atoms with Gasteiger partial charge in [0.05, 0.1) is 6.10 Å². The first-order chi connectivity index (χ1) is 10.4. The van der Waals surface area contributed by atoms with E-state index in [0.717, 1.165) is 26.1 Å². The largest absolute Gasteiger partial charge is 0.341 e. The standard InChI is InChI=1S/C17H27N3O2/c1-17(2,3)19(4)16(21)18-22-15-10-11-20(13-15)12-14-8-6-5-7-9-14/h5-9,15H,10-13H2,1-4H3,(H,18,21)/t15-/m1/s1. The molecule has 2 amide bonds. The number of nitrogens with zero attached hydrogens (tertiary/aromatic N) is 2. The molecule has 0 bridgehead atoms. The lowest BCUT2D eigenvalue weighted by molar-refractivity contribution is -0.0103. The third-order valence-electron chi connectivity index (χ3n) is 4.10. The summed E-state index contributed by atoms with van der Waals surface area (Å²) in [6.45, 7) is 8.73. The molecule has 0 aliphatic carbocycles. The van der Waals surface area contributed by atoms with Gasteiger partial charge in [0, 0.05) is 32.2 Å². The zero-order valence-corrected chi connectivity index (χ0v) is 14.0. The van der Waals surface area contributed by atoms with Crippen LogP contribution in [0, 0.1) is 0 Å². The van der Waals surface area contributed by atoms with Crippen LogP contribution in [0.2, 0.25) is 0 Å². The first-order valence-electron chi connectivity index (χ1n) is 7.82. The van der Waals surface area contributed by atoms with E-state index in [1.165, 1.54) is 5.56 Å². The molecule has 0 aromatic heterocycles. The molecule has 122 valence electrons. The summed E-state index contributed by atoms with van der Waals surface area (Å²) in [5, 5.41) is 0. The summed E-state index contributed by atoms with van der Waals surface area (Å²) in [6.07, 6.45) is 0.993. The number of hydrogen-bond donors (Lipinski definition) is 1. The molecule has 1 atom stereocenters. The summed E-state index contributed by atoms with van der Waals surface area (Å²) in [5.74, 6) is 0. The predicted octanol–water partition coefficient (Wildman–Crippen LogP) is 2.63. The number of likely N-dealkylation sites (tertiary alicyclic amines) is 1. The quantitative estimate of drug-likeness (QED) is 0.870. The molecule has 1 aromatic rings. The maximum absolute atomic E-state index is 12.0. The minimum absolute atomic E-state index is 0.0565. The summed E-state index contributed by atoms with van der Waals surface area (Å²) >= 11 is 0. The first-order valence-corrected chi connectivity index (χ1v) is 7.82. The summed E-state index contributed by atoms with van der Waals surface area (Å²) in [5.41, 5.74) is 3.66. The van der Waals surface area contributed by atoms with Crippen LogP contribution in [0.5, 0.6) is 0 Å². The third kappa shape index (κ3) is 4.71. The average molecular weight is 305 g/mol. The number of benzene rings is 1. The topological polar surface area (TPSA) is 44.8 Å². The van der Waals surface area contributed by atoms with Gasteiger partial charge in [-0.25, -0.2) is 10.3 Å². The van der Waals surface area contributed by atoms with E-state index >= 15 is 0 Å². The SMILES string of the molecule is CN(C(=O)NO[C@@H]1CCN(Cc2ccccc2)C1)C(C)(C)C. The van der Waals surface area contributed by atoms with Crippen molar-refractivity contribution in [3.8, 4) is 0 Å². The van der Waals surface area contributed by atoms with Gasteiger partial charge in [-0.05, 0) is 32.8 Å². The number of carbonyl (C=O) groups excluding carboxylic acids is 1. The minimum atomic E-state index is -0.220. The predicted molar refractivity (Wildman–Crippen MR) is 87.3 cm³/mol. The van der Waals surface area contributed by atoms with E-state index in [1.807, 2.05) is 26.8 Å². The molecule has 5 nitrogen and oxygen atoms in total. The molecule has 1 N–H and O–H groups in total. The number of rotatable bonds is 4. The number of hydrogen-bond acceptors (Lipinski definition) is 3. The number of nitrogens with one attached hydrogen (secondary N) is 1. The van der Waals surface area contributed by atoms with Gasteiger partial charge in [-0.3, -0.25) is 9.74 Å². The lowest BCUT2D eigenvalue weighted by atomic mass is 10.1. The van der Waals surface area contributed by atoms with E-state index in [4.69, 9.17) is 4.84 Å². The minimum Gasteiger partial charge on any atom is -0.321 e. The van der Waals surface area contributed by atoms with Crippen LogP contribution >= 0.6 is 0 Å². The van der Waals surface area contributed by atoms with Gasteiger partial charge in [0.15, 0.2) is 0 Å². The molecule has 1 aliphatic rings. The molecule has 22 heavy (non-hydrogen) atoms. The van der Waals surface area contributed by atoms with Crippen molar-refractivity contribution in [2.45, 2.75) is 45.4 Å². The monoisotopic (exact) mass is 305 g/mol. The van der Waals surface area contributed by atoms with Crippen LogP contribution in [0.15, 0.2) is 30.3 Å². The second-order valence-electron chi connectivity index (χ2n) is 6.89. The highest BCUT2D eigenvalue weighted by atomic mass is 16.7. The summed E-state index contributed by atoms with van der Waals surface area (Å²) in [6, 6.07) is 10.2. The summed E-state index contributed by atoms with van der Waals surface area (Å²) in [4.78, 5) is 21.6. The molecule has 1 heterocycles. The zero-order chi connectivity index (χ0) is 16.2. The molecular formula is C17H27N3O2. The Morgan fingerprint density at radius 3 is 2.68 bits per heavy atom. The van der Waals surface area contributed by atoms with Crippen molar-refractivity contribution in [3.63, 3.8) is 0 Å². The molecule has 0 spiro atoms. The normalized spacial score (nSPS) is 19.2. The van der Waals surface area contributed by atoms with Crippen LogP contribution in [0.4, 0.5) is 4.79 Å². The first kappa shape index (κ1) is 16.8. The lowest BCUT2D eigenvalue weighted by Crippen LogP contribution is -2.48. The Hall–Kier alpha value is -1.59. The van der Waals surface area contributed by atoms with Gasteiger partial charge >= 0.3 is 6.03 Å². The van der Waals surface area contributed by atoms with Crippen molar-refractivity contribution in [3.05, 3.63) is 35.9 Å². The number of hydroxylamine groups is 1. The fourth-order valence-corrected chi connectivity index (χ4v) is 2.39. The Morgan fingerprint density at radius 2 is 2.05 bits per heavy atom. The molecule has 0 unspecified atom stereocenters. The van der Waals surface area contributed by atoms with Gasteiger partial charge in [-0.1, -0.05) is 30.3 Å². The van der Waals surface area contributed by atoms with Gasteiger partial charge < -0.3 is 4.90 Å². The summed E-state index contributed by atoms with van der Waals surface area (Å²) in [7, 11) is 1.77. The highest BCUT2D eigenvalue weighted by Crippen LogP contribution is 2.16. The number of amides is 2. The molecule has 1 saturated heterocycles. The molecule has 5 heteroatoms. The molecule has 2 rings (SSSR count). The molecule has 1 fully saturated rings. The van der Waals surface area contributed by atoms with Gasteiger partial charge in [-0.15, -0.1) is 0 Å². The van der Waals surface area contributed by atoms with Gasteiger partial charge in [0.25, 0.3) is 0 Å². The highest BCUT2D eigenvalue weighted by molar-refractivity contribution is 5.73. The average Bonchev–Trinajstić information content (AvgIpc) is 2.91. The lowest BCUT2D eigenvalue weighted by Gasteiger charge is -2.32. The second kappa shape index (κ2) is 7.11. The van der Waals surface area contributed by atoms with E-state index in [-0.39, 0.29) is 17.7 Å². The van der Waals surface area contributed by atoms with Crippen molar-refractivity contribution in [1.82, 2.24) is 15.3 Å². The zero-order valence-electron chi connectivity index (χ0n) is 14.0. The van der Waals surface area contributed by atoms with E-state index in [9.17, 15) is 4.79 Å². The Morgan fingerprint density at radius 1 is 1.36 bits per heavy atom. The van der Waals surface area contributed by atoms with Crippen molar-refractivity contribution in [2.24, 2.45) is 0 Å². The van der Waals surface area contributed by atoms with Gasteiger partial charge in [-0.2, -0.15) is 0 Å². The van der Waals surface area contributed by atoms with Crippen LogP contribution in [-0.4, -0.2) is 47.6 Å². The van der Waals surface area contributed by atoms with E-state index in [2.05, 4.69) is 34.6 Å². The van der Waals surface area contributed by atoms with E-state index in [1.54, 1.807) is 11.9 Å². The maximum atomic E-state index is 12.0. The smallest absolute Gasteiger partial charge is 0.321 e. The number of urea groups is 1. The van der Waals surface area contributed by atoms with Gasteiger partial charge in [0.1, 0.15) is 0 Å². The fourth-order valence-electron chi connectivity index (χ4n) is 2.39. The fraction of sp³-hybridized carbons (Fsp3) is 0.588. The Bertz CT molecular complexity index is 484. The Kier molecular flexibility index (Phi) is 5.42. The number of carbonyl (C=O) groups is 1. The molecule has 1 aromatic carbocycles. The molecule has 1 aliphatic heterocycles. The van der Waals surface area contributed by atoms with Crippen molar-refractivity contribution in [2.75, 3.05) is 20.1 Å². The van der Waals surface area contributed by atoms with E-state index in [0.29, 0.717) is 0 Å². The maximum Gasteiger partial charge on any atom is 0.341 e. The van der Waals surface area contributed by atoms with E-state index < -0.39 is 0 Å². The Labute approximate surface area is 133 Å². The van der Waals surface area contributed by atoms with Crippen LogP contribution in [0.3, 0.4) is 0 Å². The van der Waals surface area contributed by atoms with Crippen molar-refractivity contribution >= 4 is 6.03 Å². The molecule has 0 radical (unpaired) electrons. The van der Waals surface area contributed by atoms with Crippen LogP contribution in [-0.2, 0) is 11.4 Å². The Balaban J connectivity index is 1.74. The molecular weight excluding hydrogens is 278 g/mol. The van der Waals surface area contributed by atoms with Gasteiger partial charge in [0.2, 0.25) is 0 Å². The van der Waals surface area contributed by atoms with Crippen molar-refractivity contribution in [1.29, 1.82) is 0 Å². The third-order valence-corrected chi connectivity index (χ3v) is 4.10. The molecule has 0 saturated carbocycles. The van der Waals surface area contributed by atoms with Crippen LogP contribution < -0.4 is 5.48 Å². The summed E-state index contributed by atoms with van der Waals surface area (Å²) < 4.78 is 0. The van der Waals surface area contributed by atoms with Crippen LogP contribution in [0.25, 0.3) is 0 Å². The van der Waals surface area contributed by atoms with Crippen LogP contribution in [0.1, 0.15) is 32.8 Å². The van der Waals surface area contributed by atoms with Crippen molar-refractivity contribution < 1.29 is 9.63 Å². The second-order valence-corrected chi connectivity index (χ2v) is 6.89.